The molecule has 0 aliphatic carbocycles. The van der Waals surface area contributed by atoms with Gasteiger partial charge in [0.05, 0.1) is 0 Å². The first-order valence-electron chi connectivity index (χ1n) is 5.65. The first-order chi connectivity index (χ1) is 9.56. The molecule has 0 aliphatic rings. The Morgan fingerprint density at radius 2 is 2.00 bits per heavy atom. The van der Waals surface area contributed by atoms with E-state index < -0.39 is 17.9 Å². The van der Waals surface area contributed by atoms with Crippen LogP contribution in [0.5, 0.6) is 5.75 Å². The smallest absolute Gasteiger partial charge is 0.326 e. The number of aliphatic carboxylic acids is 1. The zero-order chi connectivity index (χ0) is 14.5. The third-order valence-electron chi connectivity index (χ3n) is 2.57. The zero-order valence-corrected chi connectivity index (χ0v) is 11.0. The number of amides is 1. The Labute approximate surface area is 118 Å². The molecule has 1 amide bonds. The minimum Gasteiger partial charge on any atom is -0.508 e. The van der Waals surface area contributed by atoms with Crippen LogP contribution in [-0.4, -0.2) is 37.7 Å². The lowest BCUT2D eigenvalue weighted by Crippen LogP contribution is -2.42. The maximum absolute atomic E-state index is 11.8. The van der Waals surface area contributed by atoms with Crippen molar-refractivity contribution < 1.29 is 19.8 Å². The second-order valence-corrected chi connectivity index (χ2v) is 4.63. The molecule has 3 N–H and O–H groups in total. The summed E-state index contributed by atoms with van der Waals surface area (Å²) >= 11 is 1.01. The molecule has 1 heterocycles. The van der Waals surface area contributed by atoms with E-state index in [1.807, 2.05) is 0 Å². The molecule has 0 unspecified atom stereocenters. The van der Waals surface area contributed by atoms with Crippen molar-refractivity contribution in [3.05, 3.63) is 40.9 Å². The summed E-state index contributed by atoms with van der Waals surface area (Å²) in [6.45, 7) is 0. The minimum atomic E-state index is -1.14. The van der Waals surface area contributed by atoms with E-state index in [1.165, 1.54) is 17.5 Å². The number of hydrogen-bond donors (Lipinski definition) is 3. The number of carboxylic acid groups (broad SMARTS) is 1. The summed E-state index contributed by atoms with van der Waals surface area (Å²) in [5.74, 6) is -1.63. The number of rotatable bonds is 5. The van der Waals surface area contributed by atoms with Gasteiger partial charge >= 0.3 is 5.97 Å². The molecule has 0 radical (unpaired) electrons. The first-order valence-corrected chi connectivity index (χ1v) is 6.48. The van der Waals surface area contributed by atoms with Gasteiger partial charge < -0.3 is 15.5 Å². The van der Waals surface area contributed by atoms with Crippen LogP contribution in [0.25, 0.3) is 0 Å². The number of benzene rings is 1. The van der Waals surface area contributed by atoms with Gasteiger partial charge in [-0.15, -0.1) is 5.10 Å². The van der Waals surface area contributed by atoms with Gasteiger partial charge in [0.2, 0.25) is 0 Å². The Hall–Kier alpha value is -2.48. The van der Waals surface area contributed by atoms with Gasteiger partial charge in [0, 0.05) is 11.8 Å². The Bertz CT molecular complexity index is 598. The average Bonchev–Trinajstić information content (AvgIpc) is 2.94. The van der Waals surface area contributed by atoms with E-state index in [9.17, 15) is 14.7 Å². The maximum Gasteiger partial charge on any atom is 0.326 e. The van der Waals surface area contributed by atoms with E-state index in [0.717, 1.165) is 11.5 Å². The predicted octanol–water partition coefficient (Wildman–Crippen LogP) is 0.669. The zero-order valence-electron chi connectivity index (χ0n) is 10.2. The molecule has 2 rings (SSSR count). The summed E-state index contributed by atoms with van der Waals surface area (Å²) in [6, 6.07) is 5.04. The quantitative estimate of drug-likeness (QED) is 0.747. The molecule has 2 aromatic rings. The van der Waals surface area contributed by atoms with Crippen LogP contribution in [0, 0.1) is 0 Å². The van der Waals surface area contributed by atoms with Crippen molar-refractivity contribution in [1.82, 2.24) is 14.9 Å². The number of aromatic nitrogens is 2. The van der Waals surface area contributed by atoms with Crippen LogP contribution >= 0.6 is 11.5 Å². The van der Waals surface area contributed by atoms with Gasteiger partial charge in [-0.1, -0.05) is 16.6 Å². The molecule has 8 heteroatoms. The number of nitrogens with zero attached hydrogens (tertiary/aromatic N) is 2. The fourth-order valence-corrected chi connectivity index (χ4v) is 2.00. The van der Waals surface area contributed by atoms with Crippen molar-refractivity contribution in [1.29, 1.82) is 0 Å². The maximum atomic E-state index is 11.8. The van der Waals surface area contributed by atoms with Gasteiger partial charge in [-0.3, -0.25) is 4.79 Å². The van der Waals surface area contributed by atoms with E-state index >= 15 is 0 Å². The first kappa shape index (κ1) is 13.9. The van der Waals surface area contributed by atoms with Crippen LogP contribution in [0.4, 0.5) is 0 Å². The summed E-state index contributed by atoms with van der Waals surface area (Å²) in [7, 11) is 0. The molecule has 0 saturated heterocycles. The molecule has 20 heavy (non-hydrogen) atoms. The van der Waals surface area contributed by atoms with E-state index in [2.05, 4.69) is 14.9 Å². The number of carboxylic acids is 1. The summed E-state index contributed by atoms with van der Waals surface area (Å²) in [5.41, 5.74) is 0.777. The van der Waals surface area contributed by atoms with Crippen LogP contribution in [0.1, 0.15) is 16.1 Å². The Morgan fingerprint density at radius 3 is 2.55 bits per heavy atom. The second-order valence-electron chi connectivity index (χ2n) is 4.03. The second kappa shape index (κ2) is 6.11. The minimum absolute atomic E-state index is 0.0898. The van der Waals surface area contributed by atoms with Crippen molar-refractivity contribution in [2.45, 2.75) is 12.5 Å². The Balaban J connectivity index is 2.06. The van der Waals surface area contributed by atoms with Gasteiger partial charge in [0.15, 0.2) is 5.69 Å². The fourth-order valence-electron chi connectivity index (χ4n) is 1.56. The number of aromatic hydroxyl groups is 1. The topological polar surface area (TPSA) is 112 Å². The molecule has 0 spiro atoms. The van der Waals surface area contributed by atoms with Gasteiger partial charge in [-0.2, -0.15) is 0 Å². The lowest BCUT2D eigenvalue weighted by molar-refractivity contribution is -0.139. The molecule has 1 aromatic heterocycles. The number of phenols is 1. The van der Waals surface area contributed by atoms with Crippen LogP contribution in [-0.2, 0) is 11.2 Å². The van der Waals surface area contributed by atoms with E-state index in [4.69, 9.17) is 5.11 Å². The molecule has 1 aromatic carbocycles. The molecule has 7 nitrogen and oxygen atoms in total. The fraction of sp³-hybridized carbons (Fsp3) is 0.167. The monoisotopic (exact) mass is 293 g/mol. The van der Waals surface area contributed by atoms with Gasteiger partial charge in [0.25, 0.3) is 5.91 Å². The van der Waals surface area contributed by atoms with Crippen LogP contribution in [0.15, 0.2) is 29.6 Å². The third-order valence-corrected chi connectivity index (χ3v) is 3.08. The van der Waals surface area contributed by atoms with Crippen molar-refractivity contribution in [2.75, 3.05) is 0 Å². The van der Waals surface area contributed by atoms with Crippen molar-refractivity contribution >= 4 is 23.4 Å². The molecular formula is C12H11N3O4S. The van der Waals surface area contributed by atoms with Crippen molar-refractivity contribution in [3.63, 3.8) is 0 Å². The summed E-state index contributed by atoms with van der Waals surface area (Å²) < 4.78 is 3.54. The van der Waals surface area contributed by atoms with Gasteiger partial charge in [0.1, 0.15) is 11.8 Å². The summed E-state index contributed by atoms with van der Waals surface area (Å²) in [4.78, 5) is 22.9. The third kappa shape index (κ3) is 3.51. The highest BCUT2D eigenvalue weighted by atomic mass is 32.1. The number of phenolic OH excluding ortho intramolecular Hbond substituents is 1. The van der Waals surface area contributed by atoms with Crippen molar-refractivity contribution in [3.8, 4) is 5.75 Å². The number of carbonyl (C=O) groups is 2. The SMILES string of the molecule is O=C(N[C@H](Cc1ccc(O)cc1)C(=O)O)c1csnn1. The van der Waals surface area contributed by atoms with Crippen LogP contribution in [0.3, 0.4) is 0 Å². The lowest BCUT2D eigenvalue weighted by atomic mass is 10.1. The number of carbonyl (C=O) groups excluding carboxylic acids is 1. The molecule has 104 valence electrons. The molecule has 0 saturated carbocycles. The van der Waals surface area contributed by atoms with Crippen LogP contribution < -0.4 is 5.32 Å². The largest absolute Gasteiger partial charge is 0.508 e. The Morgan fingerprint density at radius 1 is 1.30 bits per heavy atom. The highest BCUT2D eigenvalue weighted by Crippen LogP contribution is 2.11. The van der Waals surface area contributed by atoms with E-state index in [0.29, 0.717) is 5.56 Å². The summed E-state index contributed by atoms with van der Waals surface area (Å²) in [5, 5.41) is 25.7. The summed E-state index contributed by atoms with van der Waals surface area (Å²) in [6.07, 6.45) is 0.110. The van der Waals surface area contributed by atoms with Crippen molar-refractivity contribution in [2.24, 2.45) is 0 Å². The van der Waals surface area contributed by atoms with Gasteiger partial charge in [-0.25, -0.2) is 4.79 Å². The standard InChI is InChI=1S/C12H11N3O4S/c16-8-3-1-7(2-4-8)5-9(12(18)19)13-11(17)10-6-20-15-14-10/h1-4,6,9,16H,5H2,(H,13,17)(H,18,19)/t9-/m1/s1. The molecule has 0 bridgehead atoms. The molecular weight excluding hydrogens is 282 g/mol. The van der Waals surface area contributed by atoms with E-state index in [-0.39, 0.29) is 17.9 Å². The molecule has 0 aliphatic heterocycles. The highest BCUT2D eigenvalue weighted by molar-refractivity contribution is 7.03. The Kier molecular flexibility index (Phi) is 4.26. The average molecular weight is 293 g/mol. The van der Waals surface area contributed by atoms with Crippen LogP contribution in [0.2, 0.25) is 0 Å². The number of hydrogen-bond acceptors (Lipinski definition) is 6. The lowest BCUT2D eigenvalue weighted by Gasteiger charge is -2.13. The molecule has 0 fully saturated rings. The normalized spacial score (nSPS) is 11.8. The highest BCUT2D eigenvalue weighted by Gasteiger charge is 2.22. The molecule has 1 atom stereocenters. The van der Waals surface area contributed by atoms with Gasteiger partial charge in [-0.05, 0) is 29.2 Å². The predicted molar refractivity (Wildman–Crippen MR) is 70.6 cm³/mol. The number of nitrogens with one attached hydrogen (secondary N) is 1. The van der Waals surface area contributed by atoms with E-state index in [1.54, 1.807) is 12.1 Å².